The van der Waals surface area contributed by atoms with Crippen molar-refractivity contribution in [2.75, 3.05) is 5.75 Å². The van der Waals surface area contributed by atoms with Gasteiger partial charge in [-0.05, 0) is 18.6 Å². The number of carbonyl (C=O) groups is 2. The third-order valence-corrected chi connectivity index (χ3v) is 4.74. The predicted octanol–water partition coefficient (Wildman–Crippen LogP) is 1.13. The number of aromatic nitrogens is 4. The number of fused-ring (bicyclic) bond motifs is 3. The number of nitrogens with zero attached hydrogens (tertiary/aromatic N) is 4. The third-order valence-electron chi connectivity index (χ3n) is 3.81. The van der Waals surface area contributed by atoms with E-state index in [9.17, 15) is 14.4 Å². The lowest BCUT2D eigenvalue weighted by atomic mass is 10.2. The van der Waals surface area contributed by atoms with Crippen molar-refractivity contribution in [1.29, 1.82) is 0 Å². The van der Waals surface area contributed by atoms with Crippen LogP contribution < -0.4 is 16.6 Å². The lowest BCUT2D eigenvalue weighted by molar-refractivity contribution is -0.117. The smallest absolute Gasteiger partial charge is 0.318 e. The Balaban J connectivity index is 2.09. The number of benzene rings is 1. The van der Waals surface area contributed by atoms with Crippen molar-refractivity contribution in [3.8, 4) is 0 Å². The molecule has 0 aliphatic heterocycles. The molecule has 0 unspecified atom stereocenters. The molecule has 3 amide bonds. The molecular formula is C16H18N6O3S. The van der Waals surface area contributed by atoms with E-state index >= 15 is 0 Å². The standard InChI is InChI=1S/C16H18N6O3S/c1-2-3-8-21-13(24)10-6-4-5-7-11(10)22-15(21)19-20-16(22)26-9-12(23)18-14(17)25/h4-7H,2-3,8-9H2,1H3,(H3,17,18,23,25). The molecule has 3 rings (SSSR count). The molecule has 0 atom stereocenters. The number of urea groups is 1. The van der Waals surface area contributed by atoms with Crippen LogP contribution in [0.4, 0.5) is 4.79 Å². The molecule has 0 radical (unpaired) electrons. The third kappa shape index (κ3) is 3.40. The molecule has 136 valence electrons. The van der Waals surface area contributed by atoms with E-state index in [4.69, 9.17) is 5.73 Å². The van der Waals surface area contributed by atoms with E-state index in [0.717, 1.165) is 24.6 Å². The number of primary amides is 1. The SMILES string of the molecule is CCCCn1c(=O)c2ccccc2n2c(SCC(=O)NC(N)=O)nnc12. The summed E-state index contributed by atoms with van der Waals surface area (Å²) in [5, 5.41) is 11.3. The number of hydrogen-bond donors (Lipinski definition) is 2. The Kier molecular flexibility index (Phi) is 5.21. The molecule has 10 heteroatoms. The number of unbranched alkanes of at least 4 members (excludes halogenated alkanes) is 1. The van der Waals surface area contributed by atoms with E-state index in [-0.39, 0.29) is 11.3 Å². The van der Waals surface area contributed by atoms with Crippen LogP contribution in [0.3, 0.4) is 0 Å². The van der Waals surface area contributed by atoms with Gasteiger partial charge < -0.3 is 5.73 Å². The first-order valence-electron chi connectivity index (χ1n) is 8.11. The zero-order chi connectivity index (χ0) is 18.7. The number of aryl methyl sites for hydroxylation is 1. The van der Waals surface area contributed by atoms with Crippen LogP contribution in [0.5, 0.6) is 0 Å². The summed E-state index contributed by atoms with van der Waals surface area (Å²) in [6.07, 6.45) is 1.78. The first-order valence-corrected chi connectivity index (χ1v) is 9.10. The first-order chi connectivity index (χ1) is 12.5. The number of imide groups is 1. The van der Waals surface area contributed by atoms with Crippen molar-refractivity contribution in [1.82, 2.24) is 24.5 Å². The molecule has 0 spiro atoms. The minimum atomic E-state index is -0.902. The van der Waals surface area contributed by atoms with E-state index in [0.29, 0.717) is 28.4 Å². The second-order valence-electron chi connectivity index (χ2n) is 5.65. The van der Waals surface area contributed by atoms with Crippen LogP contribution >= 0.6 is 11.8 Å². The van der Waals surface area contributed by atoms with Crippen molar-refractivity contribution < 1.29 is 9.59 Å². The molecule has 0 bridgehead atoms. The average Bonchev–Trinajstić information content (AvgIpc) is 3.03. The molecule has 2 heterocycles. The molecule has 9 nitrogen and oxygen atoms in total. The fraction of sp³-hybridized carbons (Fsp3) is 0.312. The van der Waals surface area contributed by atoms with Crippen LogP contribution in [0.25, 0.3) is 16.7 Å². The number of hydrogen-bond acceptors (Lipinski definition) is 6. The van der Waals surface area contributed by atoms with Gasteiger partial charge in [-0.25, -0.2) is 4.79 Å². The Morgan fingerprint density at radius 3 is 2.77 bits per heavy atom. The highest BCUT2D eigenvalue weighted by atomic mass is 32.2. The molecule has 3 N–H and O–H groups in total. The summed E-state index contributed by atoms with van der Waals surface area (Å²) in [6.45, 7) is 2.58. The summed E-state index contributed by atoms with van der Waals surface area (Å²) >= 11 is 1.11. The van der Waals surface area contributed by atoms with E-state index in [2.05, 4.69) is 10.2 Å². The fourth-order valence-corrected chi connectivity index (χ4v) is 3.39. The summed E-state index contributed by atoms with van der Waals surface area (Å²) in [4.78, 5) is 35.2. The predicted molar refractivity (Wildman–Crippen MR) is 98.1 cm³/mol. The van der Waals surface area contributed by atoms with Crippen molar-refractivity contribution >= 4 is 40.4 Å². The monoisotopic (exact) mass is 374 g/mol. The van der Waals surface area contributed by atoms with Crippen molar-refractivity contribution in [2.24, 2.45) is 5.73 Å². The van der Waals surface area contributed by atoms with E-state index in [1.807, 2.05) is 24.4 Å². The molecule has 0 saturated carbocycles. The molecule has 26 heavy (non-hydrogen) atoms. The molecule has 0 aliphatic rings. The largest absolute Gasteiger partial charge is 0.351 e. The van der Waals surface area contributed by atoms with Crippen LogP contribution in [0.15, 0.2) is 34.2 Å². The molecule has 3 aromatic rings. The fourth-order valence-electron chi connectivity index (χ4n) is 2.65. The van der Waals surface area contributed by atoms with Crippen LogP contribution in [-0.4, -0.2) is 36.9 Å². The summed E-state index contributed by atoms with van der Waals surface area (Å²) in [6, 6.07) is 6.29. The van der Waals surface area contributed by atoms with Crippen molar-refractivity contribution in [2.45, 2.75) is 31.5 Å². The summed E-state index contributed by atoms with van der Waals surface area (Å²) in [7, 11) is 0. The van der Waals surface area contributed by atoms with Crippen LogP contribution in [0.1, 0.15) is 19.8 Å². The Labute approximate surface area is 152 Å². The molecular weight excluding hydrogens is 356 g/mol. The summed E-state index contributed by atoms with van der Waals surface area (Å²) in [5.41, 5.74) is 5.49. The van der Waals surface area contributed by atoms with Gasteiger partial charge in [0.15, 0.2) is 5.16 Å². The zero-order valence-corrected chi connectivity index (χ0v) is 15.0. The highest BCUT2D eigenvalue weighted by Crippen LogP contribution is 2.21. The maximum atomic E-state index is 12.8. The number of nitrogens with two attached hydrogens (primary N) is 1. The van der Waals surface area contributed by atoms with Crippen LogP contribution in [-0.2, 0) is 11.3 Å². The molecule has 0 aliphatic carbocycles. The van der Waals surface area contributed by atoms with Gasteiger partial charge in [0.2, 0.25) is 11.7 Å². The summed E-state index contributed by atoms with van der Waals surface area (Å²) in [5.74, 6) is -0.144. The highest BCUT2D eigenvalue weighted by Gasteiger charge is 2.17. The van der Waals surface area contributed by atoms with E-state index < -0.39 is 11.9 Å². The number of thioether (sulfide) groups is 1. The summed E-state index contributed by atoms with van der Waals surface area (Å²) < 4.78 is 3.36. The molecule has 0 saturated heterocycles. The minimum absolute atomic E-state index is 0.0495. The highest BCUT2D eigenvalue weighted by molar-refractivity contribution is 7.99. The number of nitrogens with one attached hydrogen (secondary N) is 1. The van der Waals surface area contributed by atoms with Crippen molar-refractivity contribution in [3.63, 3.8) is 0 Å². The maximum Gasteiger partial charge on any atom is 0.318 e. The Bertz CT molecular complexity index is 1040. The molecule has 1 aromatic carbocycles. The average molecular weight is 374 g/mol. The minimum Gasteiger partial charge on any atom is -0.351 e. The maximum absolute atomic E-state index is 12.8. The van der Waals surface area contributed by atoms with Gasteiger partial charge in [-0.15, -0.1) is 10.2 Å². The number of amides is 3. The van der Waals surface area contributed by atoms with Gasteiger partial charge in [0.25, 0.3) is 5.56 Å². The van der Waals surface area contributed by atoms with E-state index in [1.54, 1.807) is 21.1 Å². The number of para-hydroxylation sites is 1. The van der Waals surface area contributed by atoms with Crippen LogP contribution in [0.2, 0.25) is 0 Å². The first kappa shape index (κ1) is 17.9. The van der Waals surface area contributed by atoms with Gasteiger partial charge in [0.05, 0.1) is 16.7 Å². The Morgan fingerprint density at radius 2 is 2.04 bits per heavy atom. The molecule has 2 aromatic heterocycles. The Hall–Kier alpha value is -2.88. The van der Waals surface area contributed by atoms with Gasteiger partial charge in [-0.2, -0.15) is 0 Å². The second kappa shape index (κ2) is 7.56. The lowest BCUT2D eigenvalue weighted by Gasteiger charge is -2.10. The number of rotatable bonds is 6. The van der Waals surface area contributed by atoms with Crippen LogP contribution in [0, 0.1) is 0 Å². The van der Waals surface area contributed by atoms with Gasteiger partial charge in [0, 0.05) is 6.54 Å². The zero-order valence-electron chi connectivity index (χ0n) is 14.1. The second-order valence-corrected chi connectivity index (χ2v) is 6.59. The van der Waals surface area contributed by atoms with Crippen molar-refractivity contribution in [3.05, 3.63) is 34.6 Å². The Morgan fingerprint density at radius 1 is 1.27 bits per heavy atom. The quantitative estimate of drug-likeness (QED) is 0.623. The van der Waals surface area contributed by atoms with Gasteiger partial charge in [-0.3, -0.25) is 23.9 Å². The van der Waals surface area contributed by atoms with E-state index in [1.165, 1.54) is 0 Å². The topological polar surface area (TPSA) is 124 Å². The normalized spacial score (nSPS) is 11.1. The van der Waals surface area contributed by atoms with Gasteiger partial charge in [0.1, 0.15) is 0 Å². The van der Waals surface area contributed by atoms with Gasteiger partial charge in [-0.1, -0.05) is 37.2 Å². The lowest BCUT2D eigenvalue weighted by Crippen LogP contribution is -2.36. The molecule has 0 fully saturated rings. The van der Waals surface area contributed by atoms with Gasteiger partial charge >= 0.3 is 6.03 Å². The number of carbonyl (C=O) groups excluding carboxylic acids is 2.